The first-order chi connectivity index (χ1) is 13.6. The molecular weight excluding hydrogens is 354 g/mol. The third kappa shape index (κ3) is 5.03. The van der Waals surface area contributed by atoms with Gasteiger partial charge in [0.2, 0.25) is 11.8 Å². The third-order valence-electron chi connectivity index (χ3n) is 4.91. The minimum atomic E-state index is -0.401. The van der Waals surface area contributed by atoms with Crippen LogP contribution in [0.4, 0.5) is 11.4 Å². The van der Waals surface area contributed by atoms with Crippen LogP contribution in [0.2, 0.25) is 0 Å². The number of ether oxygens (including phenoxy) is 1. The third-order valence-corrected chi connectivity index (χ3v) is 4.91. The van der Waals surface area contributed by atoms with Crippen molar-refractivity contribution in [3.05, 3.63) is 54.1 Å². The van der Waals surface area contributed by atoms with Crippen molar-refractivity contribution < 1.29 is 14.3 Å². The van der Waals surface area contributed by atoms with E-state index in [9.17, 15) is 9.59 Å². The molecule has 28 heavy (non-hydrogen) atoms. The van der Waals surface area contributed by atoms with Gasteiger partial charge in [0.15, 0.2) is 0 Å². The second-order valence-corrected chi connectivity index (χ2v) is 6.99. The van der Waals surface area contributed by atoms with Crippen molar-refractivity contribution >= 4 is 23.2 Å². The summed E-state index contributed by atoms with van der Waals surface area (Å²) >= 11 is 0. The minimum Gasteiger partial charge on any atom is -0.497 e. The van der Waals surface area contributed by atoms with Crippen molar-refractivity contribution in [2.75, 3.05) is 30.4 Å². The van der Waals surface area contributed by atoms with Gasteiger partial charge in [-0.25, -0.2) is 0 Å². The number of methoxy groups -OCH3 is 1. The number of amides is 2. The smallest absolute Gasteiger partial charge is 0.226 e. The van der Waals surface area contributed by atoms with Crippen LogP contribution >= 0.6 is 0 Å². The van der Waals surface area contributed by atoms with Gasteiger partial charge < -0.3 is 20.3 Å². The van der Waals surface area contributed by atoms with Gasteiger partial charge in [0.1, 0.15) is 5.75 Å². The number of carbonyl (C=O) groups is 2. The largest absolute Gasteiger partial charge is 0.497 e. The molecule has 0 aromatic heterocycles. The van der Waals surface area contributed by atoms with Gasteiger partial charge >= 0.3 is 0 Å². The lowest BCUT2D eigenvalue weighted by Gasteiger charge is -2.23. The lowest BCUT2D eigenvalue weighted by atomic mass is 10.0. The normalized spacial score (nSPS) is 14.4. The predicted molar refractivity (Wildman–Crippen MR) is 111 cm³/mol. The zero-order chi connectivity index (χ0) is 19.9. The summed E-state index contributed by atoms with van der Waals surface area (Å²) in [6.45, 7) is 3.47. The van der Waals surface area contributed by atoms with E-state index in [1.54, 1.807) is 7.11 Å². The minimum absolute atomic E-state index is 0.138. The van der Waals surface area contributed by atoms with Crippen molar-refractivity contribution in [3.63, 3.8) is 0 Å². The van der Waals surface area contributed by atoms with Crippen molar-refractivity contribution in [2.24, 2.45) is 0 Å². The van der Waals surface area contributed by atoms with E-state index < -0.39 is 6.04 Å². The van der Waals surface area contributed by atoms with Crippen LogP contribution in [0.25, 0.3) is 0 Å². The summed E-state index contributed by atoms with van der Waals surface area (Å²) < 4.78 is 5.18. The number of benzene rings is 2. The second kappa shape index (κ2) is 9.26. The Morgan fingerprint density at radius 3 is 2.39 bits per heavy atom. The first kappa shape index (κ1) is 19.7. The van der Waals surface area contributed by atoms with Gasteiger partial charge in [0.05, 0.1) is 30.9 Å². The number of nitrogens with zero attached hydrogens (tertiary/aromatic N) is 1. The van der Waals surface area contributed by atoms with E-state index in [1.807, 2.05) is 48.5 Å². The van der Waals surface area contributed by atoms with Crippen molar-refractivity contribution in [1.29, 1.82) is 0 Å². The van der Waals surface area contributed by atoms with E-state index in [0.29, 0.717) is 0 Å². The van der Waals surface area contributed by atoms with Crippen molar-refractivity contribution in [1.82, 2.24) is 5.32 Å². The van der Waals surface area contributed by atoms with E-state index in [1.165, 1.54) is 19.8 Å². The molecule has 148 valence electrons. The van der Waals surface area contributed by atoms with Gasteiger partial charge in [-0.3, -0.25) is 9.59 Å². The molecular formula is C22H27N3O3. The summed E-state index contributed by atoms with van der Waals surface area (Å²) in [4.78, 5) is 26.7. The molecule has 1 fully saturated rings. The van der Waals surface area contributed by atoms with Gasteiger partial charge in [-0.05, 0) is 42.7 Å². The number of rotatable bonds is 7. The fourth-order valence-corrected chi connectivity index (χ4v) is 3.53. The quantitative estimate of drug-likeness (QED) is 0.770. The Morgan fingerprint density at radius 1 is 1.07 bits per heavy atom. The number of anilines is 2. The van der Waals surface area contributed by atoms with Gasteiger partial charge in [0.25, 0.3) is 0 Å². The first-order valence-electron chi connectivity index (χ1n) is 9.61. The molecule has 1 atom stereocenters. The van der Waals surface area contributed by atoms with Crippen LogP contribution in [-0.2, 0) is 9.59 Å². The molecule has 2 amide bonds. The molecule has 1 saturated heterocycles. The Kier molecular flexibility index (Phi) is 6.53. The fourth-order valence-electron chi connectivity index (χ4n) is 3.53. The Labute approximate surface area is 165 Å². The lowest BCUT2D eigenvalue weighted by molar-refractivity contribution is -0.120. The summed E-state index contributed by atoms with van der Waals surface area (Å²) in [5.74, 6) is 0.418. The predicted octanol–water partition coefficient (Wildman–Crippen LogP) is 3.50. The molecule has 3 rings (SSSR count). The molecule has 1 heterocycles. The molecule has 2 aromatic rings. The number of nitrogens with one attached hydrogen (secondary N) is 2. The summed E-state index contributed by atoms with van der Waals surface area (Å²) in [7, 11) is 1.60. The molecule has 2 aromatic carbocycles. The average molecular weight is 381 g/mol. The fraction of sp³-hybridized carbons (Fsp3) is 0.364. The van der Waals surface area contributed by atoms with E-state index >= 15 is 0 Å². The standard InChI is InChI=1S/C22H27N3O3/c1-16(26)23-20(17-9-11-18(28-2)12-10-17)15-22(27)24-19-7-3-4-8-21(19)25-13-5-6-14-25/h3-4,7-12,20H,5-6,13-15H2,1-2H3,(H,23,26)(H,24,27). The summed E-state index contributed by atoms with van der Waals surface area (Å²) in [5.41, 5.74) is 2.72. The van der Waals surface area contributed by atoms with E-state index in [2.05, 4.69) is 15.5 Å². The molecule has 1 aliphatic rings. The van der Waals surface area contributed by atoms with Gasteiger partial charge in [0, 0.05) is 20.0 Å². The summed E-state index contributed by atoms with van der Waals surface area (Å²) in [5, 5.41) is 5.90. The van der Waals surface area contributed by atoms with E-state index in [-0.39, 0.29) is 18.2 Å². The molecule has 0 saturated carbocycles. The summed E-state index contributed by atoms with van der Waals surface area (Å²) in [6, 6.07) is 14.8. The molecule has 6 nitrogen and oxygen atoms in total. The van der Waals surface area contributed by atoms with Crippen LogP contribution in [-0.4, -0.2) is 32.0 Å². The zero-order valence-corrected chi connectivity index (χ0v) is 16.4. The Bertz CT molecular complexity index is 814. The number of hydrogen-bond donors (Lipinski definition) is 2. The average Bonchev–Trinajstić information content (AvgIpc) is 3.22. The SMILES string of the molecule is COc1ccc(C(CC(=O)Nc2ccccc2N2CCCC2)NC(C)=O)cc1. The van der Waals surface area contributed by atoms with Crippen LogP contribution in [0, 0.1) is 0 Å². The molecule has 0 radical (unpaired) electrons. The second-order valence-electron chi connectivity index (χ2n) is 6.99. The van der Waals surface area contributed by atoms with E-state index in [4.69, 9.17) is 4.74 Å². The number of para-hydroxylation sites is 2. The number of carbonyl (C=O) groups excluding carboxylic acids is 2. The maximum Gasteiger partial charge on any atom is 0.226 e. The topological polar surface area (TPSA) is 70.7 Å². The van der Waals surface area contributed by atoms with Crippen LogP contribution in [0.5, 0.6) is 5.75 Å². The summed E-state index contributed by atoms with van der Waals surface area (Å²) in [6.07, 6.45) is 2.49. The lowest BCUT2D eigenvalue weighted by Crippen LogP contribution is -2.30. The zero-order valence-electron chi connectivity index (χ0n) is 16.4. The highest BCUT2D eigenvalue weighted by atomic mass is 16.5. The molecule has 2 N–H and O–H groups in total. The van der Waals surface area contributed by atoms with Gasteiger partial charge in [-0.1, -0.05) is 24.3 Å². The maximum atomic E-state index is 12.8. The Hall–Kier alpha value is -3.02. The molecule has 0 spiro atoms. The maximum absolute atomic E-state index is 12.8. The monoisotopic (exact) mass is 381 g/mol. The molecule has 1 aliphatic heterocycles. The van der Waals surface area contributed by atoms with Crippen LogP contribution < -0.4 is 20.3 Å². The van der Waals surface area contributed by atoms with Crippen molar-refractivity contribution in [2.45, 2.75) is 32.2 Å². The molecule has 0 bridgehead atoms. The Morgan fingerprint density at radius 2 is 1.75 bits per heavy atom. The molecule has 0 aliphatic carbocycles. The van der Waals surface area contributed by atoms with Gasteiger partial charge in [-0.2, -0.15) is 0 Å². The van der Waals surface area contributed by atoms with Crippen molar-refractivity contribution in [3.8, 4) is 5.75 Å². The van der Waals surface area contributed by atoms with Crippen LogP contribution in [0.3, 0.4) is 0 Å². The Balaban J connectivity index is 1.72. The highest BCUT2D eigenvalue weighted by Crippen LogP contribution is 2.29. The first-order valence-corrected chi connectivity index (χ1v) is 9.61. The highest BCUT2D eigenvalue weighted by Gasteiger charge is 2.20. The van der Waals surface area contributed by atoms with E-state index in [0.717, 1.165) is 35.8 Å². The van der Waals surface area contributed by atoms with Crippen LogP contribution in [0.1, 0.15) is 37.8 Å². The van der Waals surface area contributed by atoms with Gasteiger partial charge in [-0.15, -0.1) is 0 Å². The molecule has 6 heteroatoms. The molecule has 1 unspecified atom stereocenters. The highest BCUT2D eigenvalue weighted by molar-refractivity contribution is 5.95. The van der Waals surface area contributed by atoms with Crippen LogP contribution in [0.15, 0.2) is 48.5 Å². The number of hydrogen-bond acceptors (Lipinski definition) is 4.